The molecule has 0 unspecified atom stereocenters. The molecule has 5 nitrogen and oxygen atoms in total. The van der Waals surface area contributed by atoms with Crippen LogP contribution in [0.2, 0.25) is 0 Å². The molecule has 0 fully saturated rings. The number of benzene rings is 3. The van der Waals surface area contributed by atoms with Gasteiger partial charge < -0.3 is 20.5 Å². The third-order valence-corrected chi connectivity index (χ3v) is 5.33. The molecule has 0 amide bonds. The maximum atomic E-state index is 9.39. The Hall–Kier alpha value is -2.44. The standard InChI is InChI=1S/C25H33N3O2/c1-30-25-12-5-3-8-23(25)20-27-14-16-28(17-18-29)15-13-26-19-22-10-6-9-21-7-2-4-11-24(21)22/h2-12,26-27,29H,13-20H2,1H3. The van der Waals surface area contributed by atoms with Crippen molar-refractivity contribution in [2.24, 2.45) is 0 Å². The number of nitrogens with zero attached hydrogens (tertiary/aromatic N) is 1. The predicted molar refractivity (Wildman–Crippen MR) is 124 cm³/mol. The van der Waals surface area contributed by atoms with Crippen molar-refractivity contribution in [2.45, 2.75) is 13.1 Å². The largest absolute Gasteiger partial charge is 0.496 e. The third kappa shape index (κ3) is 6.54. The monoisotopic (exact) mass is 407 g/mol. The second-order valence-corrected chi connectivity index (χ2v) is 7.37. The van der Waals surface area contributed by atoms with Gasteiger partial charge in [-0.3, -0.25) is 4.90 Å². The van der Waals surface area contributed by atoms with Crippen molar-refractivity contribution >= 4 is 10.8 Å². The lowest BCUT2D eigenvalue weighted by atomic mass is 10.0. The van der Waals surface area contributed by atoms with Crippen molar-refractivity contribution in [3.05, 3.63) is 77.9 Å². The van der Waals surface area contributed by atoms with E-state index in [0.717, 1.165) is 50.6 Å². The van der Waals surface area contributed by atoms with Crippen LogP contribution in [0.25, 0.3) is 10.8 Å². The summed E-state index contributed by atoms with van der Waals surface area (Å²) in [4.78, 5) is 2.28. The lowest BCUT2D eigenvalue weighted by molar-refractivity contribution is 0.196. The first-order valence-corrected chi connectivity index (χ1v) is 10.6. The minimum Gasteiger partial charge on any atom is -0.496 e. The van der Waals surface area contributed by atoms with Crippen LogP contribution in [0.4, 0.5) is 0 Å². The number of methoxy groups -OCH3 is 1. The first kappa shape index (κ1) is 22.2. The highest BCUT2D eigenvalue weighted by atomic mass is 16.5. The quantitative estimate of drug-likeness (QED) is 0.380. The molecule has 0 bridgehead atoms. The molecular formula is C25H33N3O2. The molecule has 3 N–H and O–H groups in total. The maximum Gasteiger partial charge on any atom is 0.123 e. The number of aliphatic hydroxyl groups is 1. The zero-order valence-electron chi connectivity index (χ0n) is 17.8. The fourth-order valence-corrected chi connectivity index (χ4v) is 3.69. The lowest BCUT2D eigenvalue weighted by Crippen LogP contribution is -2.38. The Morgan fingerprint density at radius 1 is 0.767 bits per heavy atom. The van der Waals surface area contributed by atoms with E-state index in [-0.39, 0.29) is 6.61 Å². The van der Waals surface area contributed by atoms with Gasteiger partial charge in [-0.2, -0.15) is 0 Å². The number of nitrogens with one attached hydrogen (secondary N) is 2. The molecule has 3 aromatic carbocycles. The highest BCUT2D eigenvalue weighted by Crippen LogP contribution is 2.18. The number of rotatable bonds is 13. The molecule has 5 heteroatoms. The summed E-state index contributed by atoms with van der Waals surface area (Å²) in [6.07, 6.45) is 0. The molecule has 0 radical (unpaired) electrons. The zero-order valence-corrected chi connectivity index (χ0v) is 17.8. The van der Waals surface area contributed by atoms with E-state index in [1.54, 1.807) is 7.11 Å². The van der Waals surface area contributed by atoms with Crippen molar-refractivity contribution in [1.29, 1.82) is 0 Å². The highest BCUT2D eigenvalue weighted by Gasteiger charge is 2.06. The van der Waals surface area contributed by atoms with Crippen LogP contribution in [0.5, 0.6) is 5.75 Å². The van der Waals surface area contributed by atoms with E-state index in [0.29, 0.717) is 6.54 Å². The molecular weight excluding hydrogens is 374 g/mol. The second-order valence-electron chi connectivity index (χ2n) is 7.37. The smallest absolute Gasteiger partial charge is 0.123 e. The summed E-state index contributed by atoms with van der Waals surface area (Å²) in [5.74, 6) is 0.912. The average molecular weight is 408 g/mol. The minimum absolute atomic E-state index is 0.176. The summed E-state index contributed by atoms with van der Waals surface area (Å²) in [5.41, 5.74) is 2.48. The number of ether oxygens (including phenoxy) is 1. The molecule has 0 heterocycles. The summed E-state index contributed by atoms with van der Waals surface area (Å²) >= 11 is 0. The number of hydrogen-bond acceptors (Lipinski definition) is 5. The minimum atomic E-state index is 0.176. The van der Waals surface area contributed by atoms with Gasteiger partial charge >= 0.3 is 0 Å². The first-order valence-electron chi connectivity index (χ1n) is 10.6. The summed E-state index contributed by atoms with van der Waals surface area (Å²) in [6, 6.07) is 23.0. The SMILES string of the molecule is COc1ccccc1CNCCN(CCO)CCNCc1cccc2ccccc12. The van der Waals surface area contributed by atoms with Gasteiger partial charge in [0.05, 0.1) is 13.7 Å². The van der Waals surface area contributed by atoms with Crippen LogP contribution >= 0.6 is 0 Å². The Kier molecular flexibility index (Phi) is 9.12. The van der Waals surface area contributed by atoms with E-state index >= 15 is 0 Å². The van der Waals surface area contributed by atoms with Crippen LogP contribution in [0, 0.1) is 0 Å². The molecule has 0 aliphatic carbocycles. The molecule has 30 heavy (non-hydrogen) atoms. The summed E-state index contributed by atoms with van der Waals surface area (Å²) in [5, 5.41) is 19.0. The summed E-state index contributed by atoms with van der Waals surface area (Å²) < 4.78 is 5.40. The molecule has 160 valence electrons. The molecule has 0 aliphatic rings. The van der Waals surface area contributed by atoms with Crippen LogP contribution in [-0.4, -0.2) is 56.4 Å². The van der Waals surface area contributed by atoms with E-state index < -0.39 is 0 Å². The van der Waals surface area contributed by atoms with Gasteiger partial charge in [0.1, 0.15) is 5.75 Å². The number of aliphatic hydroxyl groups excluding tert-OH is 1. The van der Waals surface area contributed by atoms with Crippen LogP contribution in [0.1, 0.15) is 11.1 Å². The van der Waals surface area contributed by atoms with E-state index in [1.807, 2.05) is 18.2 Å². The Morgan fingerprint density at radius 2 is 1.40 bits per heavy atom. The predicted octanol–water partition coefficient (Wildman–Crippen LogP) is 3.02. The molecule has 0 spiro atoms. The summed E-state index contributed by atoms with van der Waals surface area (Å²) in [7, 11) is 1.70. The van der Waals surface area contributed by atoms with Crippen molar-refractivity contribution in [3.63, 3.8) is 0 Å². The number of hydrogen-bond donors (Lipinski definition) is 3. The molecule has 3 rings (SSSR count). The zero-order chi connectivity index (χ0) is 21.0. The molecule has 0 saturated carbocycles. The van der Waals surface area contributed by atoms with Crippen molar-refractivity contribution < 1.29 is 9.84 Å². The first-order chi connectivity index (χ1) is 14.8. The Balaban J connectivity index is 1.40. The van der Waals surface area contributed by atoms with Crippen molar-refractivity contribution in [3.8, 4) is 5.75 Å². The van der Waals surface area contributed by atoms with Crippen LogP contribution in [-0.2, 0) is 13.1 Å². The maximum absolute atomic E-state index is 9.39. The Labute approximate surface area is 179 Å². The third-order valence-electron chi connectivity index (χ3n) is 5.33. The van der Waals surface area contributed by atoms with Crippen LogP contribution in [0.3, 0.4) is 0 Å². The highest BCUT2D eigenvalue weighted by molar-refractivity contribution is 5.85. The molecule has 0 atom stereocenters. The fourth-order valence-electron chi connectivity index (χ4n) is 3.69. The van der Waals surface area contributed by atoms with Gasteiger partial charge in [-0.25, -0.2) is 0 Å². The van der Waals surface area contributed by atoms with E-state index in [2.05, 4.69) is 64.1 Å². The topological polar surface area (TPSA) is 56.8 Å². The van der Waals surface area contributed by atoms with E-state index in [4.69, 9.17) is 4.74 Å². The van der Waals surface area contributed by atoms with Crippen LogP contribution < -0.4 is 15.4 Å². The van der Waals surface area contributed by atoms with Gasteiger partial charge in [0.15, 0.2) is 0 Å². The summed E-state index contributed by atoms with van der Waals surface area (Å²) in [6.45, 7) is 6.03. The Bertz CT molecular complexity index is 895. The number of fused-ring (bicyclic) bond motifs is 1. The van der Waals surface area contributed by atoms with Gasteiger partial charge in [0.2, 0.25) is 0 Å². The second kappa shape index (κ2) is 12.3. The molecule has 0 saturated heterocycles. The van der Waals surface area contributed by atoms with Crippen molar-refractivity contribution in [2.75, 3.05) is 46.4 Å². The number of para-hydroxylation sites is 1. The van der Waals surface area contributed by atoms with E-state index in [1.165, 1.54) is 16.3 Å². The van der Waals surface area contributed by atoms with E-state index in [9.17, 15) is 5.11 Å². The lowest BCUT2D eigenvalue weighted by Gasteiger charge is -2.22. The normalized spacial score (nSPS) is 11.3. The average Bonchev–Trinajstić information content (AvgIpc) is 2.79. The van der Waals surface area contributed by atoms with Gasteiger partial charge in [-0.1, -0.05) is 60.7 Å². The van der Waals surface area contributed by atoms with Gasteiger partial charge in [-0.05, 0) is 22.4 Å². The molecule has 3 aromatic rings. The van der Waals surface area contributed by atoms with Crippen molar-refractivity contribution in [1.82, 2.24) is 15.5 Å². The van der Waals surface area contributed by atoms with Crippen LogP contribution in [0.15, 0.2) is 66.7 Å². The van der Waals surface area contributed by atoms with Gasteiger partial charge in [-0.15, -0.1) is 0 Å². The molecule has 0 aliphatic heterocycles. The fraction of sp³-hybridized carbons (Fsp3) is 0.360. The Morgan fingerprint density at radius 3 is 2.17 bits per heavy atom. The van der Waals surface area contributed by atoms with Gasteiger partial charge in [0, 0.05) is 51.4 Å². The van der Waals surface area contributed by atoms with Gasteiger partial charge in [0.25, 0.3) is 0 Å². The molecule has 0 aromatic heterocycles.